The number of carbonyl (C=O) groups is 2. The number of hydrogen-bond acceptors (Lipinski definition) is 4. The monoisotopic (exact) mass is 514 g/mol. The van der Waals surface area contributed by atoms with Crippen molar-refractivity contribution in [1.82, 2.24) is 14.8 Å². The van der Waals surface area contributed by atoms with E-state index in [0.29, 0.717) is 42.8 Å². The molecule has 35 heavy (non-hydrogen) atoms. The summed E-state index contributed by atoms with van der Waals surface area (Å²) in [6, 6.07) is 11.7. The largest absolute Gasteiger partial charge is 0.370 e. The van der Waals surface area contributed by atoms with Crippen molar-refractivity contribution in [2.45, 2.75) is 38.5 Å². The third kappa shape index (κ3) is 5.44. The van der Waals surface area contributed by atoms with E-state index in [-0.39, 0.29) is 35.0 Å². The Kier molecular flexibility index (Phi) is 6.95. The van der Waals surface area contributed by atoms with E-state index in [1.807, 2.05) is 34.1 Å². The van der Waals surface area contributed by atoms with Crippen LogP contribution in [-0.2, 0) is 9.59 Å². The third-order valence-electron chi connectivity index (χ3n) is 7.97. The first-order valence-electron chi connectivity index (χ1n) is 12.5. The molecule has 1 N–H and O–H groups in total. The predicted molar refractivity (Wildman–Crippen MR) is 139 cm³/mol. The molecule has 1 saturated carbocycles. The smallest absolute Gasteiger partial charge is 0.228 e. The van der Waals surface area contributed by atoms with E-state index in [2.05, 4.69) is 29.4 Å². The van der Waals surface area contributed by atoms with Crippen molar-refractivity contribution in [1.29, 1.82) is 0 Å². The summed E-state index contributed by atoms with van der Waals surface area (Å²) in [5, 5.41) is 4.74. The first-order valence-corrected chi connectivity index (χ1v) is 13.3. The van der Waals surface area contributed by atoms with Crippen LogP contribution < -0.4 is 5.32 Å². The predicted octanol–water partition coefficient (Wildman–Crippen LogP) is 5.08. The molecular formula is C27H32Cl2N4O2. The fourth-order valence-corrected chi connectivity index (χ4v) is 5.67. The number of likely N-dealkylation sites (tertiary alicyclic amines) is 2. The standard InChI is InChI=1S/C27H32Cl2N4O2/c1-27(10-11-27)26(35)32-12-8-19(9-13-32)25(34)33-16-20(14-30-24-7-6-22(29)15-31-24)23(17-33)18-2-4-21(28)5-3-18/h2-7,15,19-20,23H,8-14,16-17H2,1H3,(H,30,31)/t20?,23-/m1/s1. The van der Waals surface area contributed by atoms with Gasteiger partial charge in [0.1, 0.15) is 5.82 Å². The number of piperidine rings is 1. The number of carbonyl (C=O) groups excluding carboxylic acids is 2. The molecular weight excluding hydrogens is 483 g/mol. The molecule has 0 radical (unpaired) electrons. The van der Waals surface area contributed by atoms with Gasteiger partial charge in [0.05, 0.1) is 5.02 Å². The Hall–Kier alpha value is -2.31. The molecule has 1 unspecified atom stereocenters. The highest BCUT2D eigenvalue weighted by atomic mass is 35.5. The molecule has 5 rings (SSSR count). The van der Waals surface area contributed by atoms with Crippen LogP contribution in [0.25, 0.3) is 0 Å². The molecule has 2 aromatic rings. The zero-order chi connectivity index (χ0) is 24.6. The van der Waals surface area contributed by atoms with Crippen molar-refractivity contribution in [2.24, 2.45) is 17.3 Å². The molecule has 1 aromatic heterocycles. The minimum absolute atomic E-state index is 0.0124. The maximum absolute atomic E-state index is 13.5. The van der Waals surface area contributed by atoms with Gasteiger partial charge in [-0.15, -0.1) is 0 Å². The summed E-state index contributed by atoms with van der Waals surface area (Å²) in [5.41, 5.74) is 1.05. The molecule has 1 aliphatic carbocycles. The van der Waals surface area contributed by atoms with Crippen molar-refractivity contribution in [3.05, 3.63) is 58.2 Å². The molecule has 0 spiro atoms. The van der Waals surface area contributed by atoms with Crippen LogP contribution in [0, 0.1) is 17.3 Å². The number of aromatic nitrogens is 1. The van der Waals surface area contributed by atoms with Crippen molar-refractivity contribution in [3.8, 4) is 0 Å². The molecule has 2 saturated heterocycles. The molecule has 6 nitrogen and oxygen atoms in total. The van der Waals surface area contributed by atoms with E-state index in [4.69, 9.17) is 23.2 Å². The van der Waals surface area contributed by atoms with Crippen molar-refractivity contribution in [2.75, 3.05) is 38.0 Å². The van der Waals surface area contributed by atoms with E-state index in [0.717, 1.165) is 31.5 Å². The number of nitrogens with zero attached hydrogens (tertiary/aromatic N) is 3. The van der Waals surface area contributed by atoms with Gasteiger partial charge in [-0.2, -0.15) is 0 Å². The lowest BCUT2D eigenvalue weighted by atomic mass is 9.89. The maximum Gasteiger partial charge on any atom is 0.228 e. The number of benzene rings is 1. The summed E-state index contributed by atoms with van der Waals surface area (Å²) >= 11 is 12.1. The third-order valence-corrected chi connectivity index (χ3v) is 8.45. The van der Waals surface area contributed by atoms with Crippen LogP contribution in [0.1, 0.15) is 44.1 Å². The SMILES string of the molecule is CC1(C(=O)N2CCC(C(=O)N3CC(CNc4ccc(Cl)cn4)[C@@H](c4ccc(Cl)cc4)C3)CC2)CC1. The van der Waals surface area contributed by atoms with Gasteiger partial charge in [0, 0.05) is 67.1 Å². The van der Waals surface area contributed by atoms with E-state index >= 15 is 0 Å². The van der Waals surface area contributed by atoms with Crippen molar-refractivity contribution < 1.29 is 9.59 Å². The first kappa shape index (κ1) is 24.4. The van der Waals surface area contributed by atoms with Gasteiger partial charge in [0.25, 0.3) is 0 Å². The van der Waals surface area contributed by atoms with Crippen LogP contribution in [0.15, 0.2) is 42.6 Å². The minimum atomic E-state index is -0.142. The minimum Gasteiger partial charge on any atom is -0.370 e. The molecule has 2 atom stereocenters. The Morgan fingerprint density at radius 3 is 2.31 bits per heavy atom. The van der Waals surface area contributed by atoms with Gasteiger partial charge in [0.2, 0.25) is 11.8 Å². The van der Waals surface area contributed by atoms with Crippen LogP contribution in [0.2, 0.25) is 10.0 Å². The van der Waals surface area contributed by atoms with E-state index in [1.165, 1.54) is 5.56 Å². The zero-order valence-corrected chi connectivity index (χ0v) is 21.6. The van der Waals surface area contributed by atoms with Crippen LogP contribution in [0.4, 0.5) is 5.82 Å². The summed E-state index contributed by atoms with van der Waals surface area (Å²) < 4.78 is 0. The summed E-state index contributed by atoms with van der Waals surface area (Å²) in [6.07, 6.45) is 5.11. The van der Waals surface area contributed by atoms with Crippen molar-refractivity contribution in [3.63, 3.8) is 0 Å². The van der Waals surface area contributed by atoms with E-state index in [9.17, 15) is 9.59 Å². The second-order valence-corrected chi connectivity index (χ2v) is 11.4. The van der Waals surface area contributed by atoms with E-state index in [1.54, 1.807) is 6.20 Å². The summed E-state index contributed by atoms with van der Waals surface area (Å²) in [4.78, 5) is 34.6. The summed E-state index contributed by atoms with van der Waals surface area (Å²) in [7, 11) is 0. The number of anilines is 1. The Bertz CT molecular complexity index is 1060. The average Bonchev–Trinajstić information content (AvgIpc) is 3.49. The Morgan fingerprint density at radius 1 is 1.00 bits per heavy atom. The number of pyridine rings is 1. The molecule has 8 heteroatoms. The number of halogens is 2. The number of rotatable bonds is 6. The molecule has 3 heterocycles. The van der Waals surface area contributed by atoms with Crippen LogP contribution >= 0.6 is 23.2 Å². The normalized spacial score (nSPS) is 23.9. The lowest BCUT2D eigenvalue weighted by molar-refractivity contribution is -0.142. The Balaban J connectivity index is 1.24. The summed E-state index contributed by atoms with van der Waals surface area (Å²) in [6.45, 7) is 5.53. The molecule has 1 aromatic carbocycles. The van der Waals surface area contributed by atoms with Gasteiger partial charge in [-0.05, 0) is 55.5 Å². The fourth-order valence-electron chi connectivity index (χ4n) is 5.43. The molecule has 0 bridgehead atoms. The second kappa shape index (κ2) is 9.98. The maximum atomic E-state index is 13.5. The summed E-state index contributed by atoms with van der Waals surface area (Å²) in [5.74, 6) is 1.72. The number of hydrogen-bond donors (Lipinski definition) is 1. The van der Waals surface area contributed by atoms with Gasteiger partial charge < -0.3 is 15.1 Å². The number of nitrogens with one attached hydrogen (secondary N) is 1. The molecule has 3 aliphatic rings. The first-order chi connectivity index (χ1) is 16.8. The Morgan fingerprint density at radius 2 is 1.69 bits per heavy atom. The second-order valence-electron chi connectivity index (χ2n) is 10.5. The van der Waals surface area contributed by atoms with Crippen LogP contribution in [0.5, 0.6) is 0 Å². The molecule has 2 aliphatic heterocycles. The van der Waals surface area contributed by atoms with Crippen molar-refractivity contribution >= 4 is 40.8 Å². The van der Waals surface area contributed by atoms with E-state index < -0.39 is 0 Å². The highest BCUT2D eigenvalue weighted by Gasteiger charge is 2.48. The fraction of sp³-hybridized carbons (Fsp3) is 0.519. The van der Waals surface area contributed by atoms with Crippen LogP contribution in [0.3, 0.4) is 0 Å². The Labute approximate surface area is 217 Å². The average molecular weight is 515 g/mol. The molecule has 3 fully saturated rings. The van der Waals surface area contributed by atoms with Gasteiger partial charge in [0.15, 0.2) is 0 Å². The van der Waals surface area contributed by atoms with Gasteiger partial charge in [-0.3, -0.25) is 9.59 Å². The lowest BCUT2D eigenvalue weighted by Crippen LogP contribution is -2.45. The zero-order valence-electron chi connectivity index (χ0n) is 20.1. The van der Waals surface area contributed by atoms with Gasteiger partial charge in [-0.1, -0.05) is 42.3 Å². The van der Waals surface area contributed by atoms with Gasteiger partial charge in [-0.25, -0.2) is 4.98 Å². The highest BCUT2D eigenvalue weighted by Crippen LogP contribution is 2.47. The molecule has 2 amide bonds. The number of amides is 2. The van der Waals surface area contributed by atoms with Gasteiger partial charge >= 0.3 is 0 Å². The van der Waals surface area contributed by atoms with Crippen LogP contribution in [-0.4, -0.2) is 59.3 Å². The lowest BCUT2D eigenvalue weighted by Gasteiger charge is -2.34. The highest BCUT2D eigenvalue weighted by molar-refractivity contribution is 6.30. The topological polar surface area (TPSA) is 65.5 Å². The molecule has 186 valence electrons. The quantitative estimate of drug-likeness (QED) is 0.583.